The molecule has 0 aliphatic heterocycles. The summed E-state index contributed by atoms with van der Waals surface area (Å²) in [5, 5.41) is 17.3. The van der Waals surface area contributed by atoms with E-state index < -0.39 is 5.97 Å². The number of thioether (sulfide) groups is 1. The van der Waals surface area contributed by atoms with Gasteiger partial charge in [0.15, 0.2) is 11.0 Å². The zero-order chi connectivity index (χ0) is 12.4. The molecule has 17 heavy (non-hydrogen) atoms. The Morgan fingerprint density at radius 3 is 2.82 bits per heavy atom. The zero-order valence-corrected chi connectivity index (χ0v) is 10.3. The number of carboxylic acids is 1. The molecule has 0 atom stereocenters. The Bertz CT molecular complexity index is 546. The van der Waals surface area contributed by atoms with Crippen LogP contribution in [0, 0.1) is 0 Å². The predicted octanol–water partition coefficient (Wildman–Crippen LogP) is 0.997. The maximum absolute atomic E-state index is 10.5. The first kappa shape index (κ1) is 11.7. The van der Waals surface area contributed by atoms with Gasteiger partial charge in [-0.1, -0.05) is 11.8 Å². The Balaban J connectivity index is 2.27. The molecule has 2 aromatic rings. The number of hydrogen-bond acceptors (Lipinski definition) is 4. The van der Waals surface area contributed by atoms with Crippen molar-refractivity contribution in [1.29, 1.82) is 0 Å². The lowest BCUT2D eigenvalue weighted by molar-refractivity contribution is -0.133. The van der Waals surface area contributed by atoms with Crippen LogP contribution in [0.5, 0.6) is 0 Å². The van der Waals surface area contributed by atoms with Gasteiger partial charge in [-0.15, -0.1) is 10.2 Å². The average molecular weight is 252 g/mol. The van der Waals surface area contributed by atoms with Crippen molar-refractivity contribution < 1.29 is 9.90 Å². The quantitative estimate of drug-likeness (QED) is 0.822. The molecule has 0 aliphatic carbocycles. The van der Waals surface area contributed by atoms with Gasteiger partial charge in [-0.3, -0.25) is 4.79 Å². The molecule has 0 saturated carbocycles. The second-order valence-corrected chi connectivity index (χ2v) is 4.49. The number of hydrogen-bond donors (Lipinski definition) is 1. The van der Waals surface area contributed by atoms with E-state index in [9.17, 15) is 4.79 Å². The van der Waals surface area contributed by atoms with Crippen LogP contribution in [0.3, 0.4) is 0 Å². The van der Waals surface area contributed by atoms with Crippen molar-refractivity contribution in [1.82, 2.24) is 19.3 Å². The largest absolute Gasteiger partial charge is 0.481 e. The van der Waals surface area contributed by atoms with Crippen LogP contribution in [0.15, 0.2) is 23.5 Å². The molecule has 0 spiro atoms. The molecule has 2 aromatic heterocycles. The van der Waals surface area contributed by atoms with Crippen LogP contribution in [0.2, 0.25) is 0 Å². The van der Waals surface area contributed by atoms with Gasteiger partial charge in [0.05, 0.1) is 11.4 Å². The molecule has 1 N–H and O–H groups in total. The van der Waals surface area contributed by atoms with Gasteiger partial charge in [-0.2, -0.15) is 0 Å². The average Bonchev–Trinajstić information content (AvgIpc) is 2.82. The molecule has 0 bridgehead atoms. The van der Waals surface area contributed by atoms with Crippen molar-refractivity contribution in [3.05, 3.63) is 18.3 Å². The van der Waals surface area contributed by atoms with Gasteiger partial charge in [0.2, 0.25) is 0 Å². The zero-order valence-electron chi connectivity index (χ0n) is 9.49. The number of aliphatic carboxylic acids is 1. The van der Waals surface area contributed by atoms with E-state index in [0.29, 0.717) is 5.16 Å². The predicted molar refractivity (Wildman–Crippen MR) is 63.8 cm³/mol. The second kappa shape index (κ2) is 4.62. The number of aromatic nitrogens is 4. The number of carbonyl (C=O) groups is 1. The molecular formula is C10H12N4O2S. The minimum atomic E-state index is -0.863. The van der Waals surface area contributed by atoms with E-state index >= 15 is 0 Å². The van der Waals surface area contributed by atoms with Crippen LogP contribution in [-0.4, -0.2) is 36.2 Å². The molecule has 0 aliphatic rings. The van der Waals surface area contributed by atoms with Crippen molar-refractivity contribution in [2.75, 3.05) is 5.75 Å². The van der Waals surface area contributed by atoms with Gasteiger partial charge < -0.3 is 14.2 Å². The van der Waals surface area contributed by atoms with E-state index in [-0.39, 0.29) is 5.75 Å². The highest BCUT2D eigenvalue weighted by Crippen LogP contribution is 2.22. The fourth-order valence-electron chi connectivity index (χ4n) is 1.48. The minimum Gasteiger partial charge on any atom is -0.481 e. The molecule has 0 saturated heterocycles. The van der Waals surface area contributed by atoms with E-state index in [0.717, 1.165) is 23.3 Å². The Hall–Kier alpha value is -1.76. The summed E-state index contributed by atoms with van der Waals surface area (Å²) in [6.45, 7) is 0. The number of carboxylic acid groups (broad SMARTS) is 1. The van der Waals surface area contributed by atoms with Crippen LogP contribution in [0.1, 0.15) is 0 Å². The van der Waals surface area contributed by atoms with Gasteiger partial charge >= 0.3 is 5.97 Å². The molecule has 0 fully saturated rings. The first-order valence-corrected chi connectivity index (χ1v) is 5.94. The minimum absolute atomic E-state index is 0.0148. The summed E-state index contributed by atoms with van der Waals surface area (Å²) in [6.07, 6.45) is 1.92. The Labute approximate surface area is 102 Å². The number of rotatable bonds is 4. The van der Waals surface area contributed by atoms with Gasteiger partial charge in [-0.25, -0.2) is 0 Å². The summed E-state index contributed by atoms with van der Waals surface area (Å²) >= 11 is 1.16. The summed E-state index contributed by atoms with van der Waals surface area (Å²) in [6, 6.07) is 3.86. The van der Waals surface area contributed by atoms with Crippen LogP contribution in [0.4, 0.5) is 0 Å². The van der Waals surface area contributed by atoms with E-state index in [4.69, 9.17) is 5.11 Å². The molecule has 0 unspecified atom stereocenters. The summed E-state index contributed by atoms with van der Waals surface area (Å²) in [4.78, 5) is 10.5. The summed E-state index contributed by atoms with van der Waals surface area (Å²) in [7, 11) is 3.75. The molecule has 6 nitrogen and oxygen atoms in total. The van der Waals surface area contributed by atoms with Crippen LogP contribution >= 0.6 is 11.8 Å². The van der Waals surface area contributed by atoms with Crippen molar-refractivity contribution in [2.24, 2.45) is 14.1 Å². The van der Waals surface area contributed by atoms with Crippen molar-refractivity contribution in [2.45, 2.75) is 5.16 Å². The van der Waals surface area contributed by atoms with E-state index in [1.165, 1.54) is 0 Å². The lowest BCUT2D eigenvalue weighted by atomic mass is 10.4. The first-order chi connectivity index (χ1) is 8.09. The topological polar surface area (TPSA) is 72.9 Å². The normalized spacial score (nSPS) is 10.7. The lowest BCUT2D eigenvalue weighted by Gasteiger charge is -2.03. The maximum Gasteiger partial charge on any atom is 0.313 e. The molecule has 2 rings (SSSR count). The third-order valence-corrected chi connectivity index (χ3v) is 3.34. The van der Waals surface area contributed by atoms with Gasteiger partial charge in [0.25, 0.3) is 0 Å². The van der Waals surface area contributed by atoms with Crippen molar-refractivity contribution in [3.63, 3.8) is 0 Å². The van der Waals surface area contributed by atoms with E-state index in [1.807, 2.05) is 37.0 Å². The monoisotopic (exact) mass is 252 g/mol. The highest BCUT2D eigenvalue weighted by atomic mass is 32.2. The van der Waals surface area contributed by atoms with Crippen LogP contribution in [0.25, 0.3) is 11.5 Å². The fraction of sp³-hybridized carbons (Fsp3) is 0.300. The second-order valence-electron chi connectivity index (χ2n) is 3.55. The summed E-state index contributed by atoms with van der Waals surface area (Å²) < 4.78 is 3.73. The smallest absolute Gasteiger partial charge is 0.313 e. The van der Waals surface area contributed by atoms with Crippen molar-refractivity contribution >= 4 is 17.7 Å². The van der Waals surface area contributed by atoms with E-state index in [2.05, 4.69) is 10.2 Å². The molecule has 0 aromatic carbocycles. The van der Waals surface area contributed by atoms with Gasteiger partial charge in [-0.05, 0) is 12.1 Å². The molecule has 2 heterocycles. The molecule has 90 valence electrons. The lowest BCUT2D eigenvalue weighted by Crippen LogP contribution is -2.02. The van der Waals surface area contributed by atoms with Gasteiger partial charge in [0, 0.05) is 20.3 Å². The third-order valence-electron chi connectivity index (χ3n) is 2.33. The highest BCUT2D eigenvalue weighted by molar-refractivity contribution is 7.99. The van der Waals surface area contributed by atoms with Crippen molar-refractivity contribution in [3.8, 4) is 11.5 Å². The maximum atomic E-state index is 10.5. The molecule has 7 heteroatoms. The number of aryl methyl sites for hydroxylation is 1. The Morgan fingerprint density at radius 1 is 1.47 bits per heavy atom. The SMILES string of the molecule is Cn1cccc1-c1nnc(SCC(=O)O)n1C. The highest BCUT2D eigenvalue weighted by Gasteiger charge is 2.13. The van der Waals surface area contributed by atoms with Gasteiger partial charge in [0.1, 0.15) is 0 Å². The summed E-state index contributed by atoms with van der Waals surface area (Å²) in [5.74, 6) is -0.150. The van der Waals surface area contributed by atoms with Crippen LogP contribution < -0.4 is 0 Å². The first-order valence-electron chi connectivity index (χ1n) is 4.95. The van der Waals surface area contributed by atoms with E-state index in [1.54, 1.807) is 4.57 Å². The Kier molecular flexibility index (Phi) is 3.19. The summed E-state index contributed by atoms with van der Waals surface area (Å²) in [5.41, 5.74) is 0.946. The fourth-order valence-corrected chi connectivity index (χ4v) is 2.11. The Morgan fingerprint density at radius 2 is 2.24 bits per heavy atom. The number of nitrogens with zero attached hydrogens (tertiary/aromatic N) is 4. The molecule has 0 amide bonds. The van der Waals surface area contributed by atoms with Crippen LogP contribution in [-0.2, 0) is 18.9 Å². The standard InChI is InChI=1S/C10H12N4O2S/c1-13-5-3-4-7(13)9-11-12-10(14(9)2)17-6-8(15)16/h3-5H,6H2,1-2H3,(H,15,16). The molecular weight excluding hydrogens is 240 g/mol. The molecule has 0 radical (unpaired) electrons. The third kappa shape index (κ3) is 2.33.